The van der Waals surface area contributed by atoms with E-state index in [9.17, 15) is 9.59 Å². The van der Waals surface area contributed by atoms with Crippen LogP contribution in [-0.2, 0) is 4.79 Å². The van der Waals surface area contributed by atoms with Crippen molar-refractivity contribution in [3.63, 3.8) is 0 Å². The number of amides is 2. The highest BCUT2D eigenvalue weighted by molar-refractivity contribution is 6.07. The second kappa shape index (κ2) is 8.40. The van der Waals surface area contributed by atoms with Crippen LogP contribution in [0.15, 0.2) is 48.5 Å². The Kier molecular flexibility index (Phi) is 5.76. The SMILES string of the molecule is COc1ccc(/C=C/C(=O)Nc2ccccc2C(=O)NC2CC2)cc1OC. The average Bonchev–Trinajstić information content (AvgIpc) is 3.50. The number of benzene rings is 2. The van der Waals surface area contributed by atoms with E-state index < -0.39 is 0 Å². The average molecular weight is 366 g/mol. The minimum Gasteiger partial charge on any atom is -0.493 e. The van der Waals surface area contributed by atoms with E-state index in [0.29, 0.717) is 22.7 Å². The molecule has 1 aliphatic carbocycles. The molecule has 0 aliphatic heterocycles. The lowest BCUT2D eigenvalue weighted by Gasteiger charge is -2.10. The topological polar surface area (TPSA) is 76.7 Å². The molecule has 0 saturated heterocycles. The summed E-state index contributed by atoms with van der Waals surface area (Å²) in [6.45, 7) is 0. The molecule has 0 radical (unpaired) electrons. The molecule has 0 heterocycles. The maximum atomic E-state index is 12.3. The van der Waals surface area contributed by atoms with Gasteiger partial charge in [0.25, 0.3) is 5.91 Å². The van der Waals surface area contributed by atoms with Crippen molar-refractivity contribution in [3.05, 3.63) is 59.7 Å². The fourth-order valence-corrected chi connectivity index (χ4v) is 2.58. The smallest absolute Gasteiger partial charge is 0.253 e. The van der Waals surface area contributed by atoms with Gasteiger partial charge in [-0.3, -0.25) is 9.59 Å². The van der Waals surface area contributed by atoms with E-state index in [1.807, 2.05) is 6.07 Å². The first kappa shape index (κ1) is 18.5. The lowest BCUT2D eigenvalue weighted by Crippen LogP contribution is -2.26. The molecule has 6 heteroatoms. The third kappa shape index (κ3) is 4.88. The summed E-state index contributed by atoms with van der Waals surface area (Å²) in [5.41, 5.74) is 1.73. The maximum Gasteiger partial charge on any atom is 0.253 e. The first-order chi connectivity index (χ1) is 13.1. The van der Waals surface area contributed by atoms with E-state index in [1.165, 1.54) is 6.08 Å². The predicted octanol–water partition coefficient (Wildman–Crippen LogP) is 3.25. The van der Waals surface area contributed by atoms with Crippen LogP contribution in [0.5, 0.6) is 11.5 Å². The van der Waals surface area contributed by atoms with Crippen LogP contribution >= 0.6 is 0 Å². The summed E-state index contributed by atoms with van der Waals surface area (Å²) in [6.07, 6.45) is 5.10. The Balaban J connectivity index is 1.69. The molecular weight excluding hydrogens is 344 g/mol. The number of carbonyl (C=O) groups excluding carboxylic acids is 2. The number of methoxy groups -OCH3 is 2. The van der Waals surface area contributed by atoms with Crippen LogP contribution in [0.3, 0.4) is 0 Å². The van der Waals surface area contributed by atoms with Gasteiger partial charge in [0.05, 0.1) is 25.5 Å². The molecule has 2 N–H and O–H groups in total. The molecular formula is C21H22N2O4. The number of carbonyl (C=O) groups is 2. The zero-order valence-corrected chi connectivity index (χ0v) is 15.3. The molecule has 140 valence electrons. The van der Waals surface area contributed by atoms with Gasteiger partial charge in [0.15, 0.2) is 11.5 Å². The minimum absolute atomic E-state index is 0.169. The summed E-state index contributed by atoms with van der Waals surface area (Å²) in [7, 11) is 3.12. The van der Waals surface area contributed by atoms with Gasteiger partial charge < -0.3 is 20.1 Å². The zero-order valence-electron chi connectivity index (χ0n) is 15.3. The Morgan fingerprint density at radius 2 is 1.78 bits per heavy atom. The monoisotopic (exact) mass is 366 g/mol. The second-order valence-electron chi connectivity index (χ2n) is 6.23. The molecule has 0 atom stereocenters. The van der Waals surface area contributed by atoms with Crippen molar-refractivity contribution >= 4 is 23.6 Å². The quantitative estimate of drug-likeness (QED) is 0.738. The molecule has 2 aromatic rings. The van der Waals surface area contributed by atoms with E-state index in [-0.39, 0.29) is 17.9 Å². The van der Waals surface area contributed by atoms with Gasteiger partial charge in [-0.1, -0.05) is 18.2 Å². The Labute approximate surface area is 158 Å². The van der Waals surface area contributed by atoms with E-state index in [2.05, 4.69) is 10.6 Å². The van der Waals surface area contributed by atoms with E-state index in [0.717, 1.165) is 18.4 Å². The van der Waals surface area contributed by atoms with Crippen LogP contribution in [0.4, 0.5) is 5.69 Å². The van der Waals surface area contributed by atoms with Crippen molar-refractivity contribution < 1.29 is 19.1 Å². The number of hydrogen-bond donors (Lipinski definition) is 2. The molecule has 27 heavy (non-hydrogen) atoms. The summed E-state index contributed by atoms with van der Waals surface area (Å²) in [5.74, 6) is 0.714. The Bertz CT molecular complexity index is 872. The number of ether oxygens (including phenoxy) is 2. The van der Waals surface area contributed by atoms with Crippen LogP contribution in [0, 0.1) is 0 Å². The summed E-state index contributed by atoms with van der Waals surface area (Å²) in [5, 5.41) is 5.70. The molecule has 0 spiro atoms. The van der Waals surface area contributed by atoms with Gasteiger partial charge in [0, 0.05) is 12.1 Å². The van der Waals surface area contributed by atoms with Crippen LogP contribution in [0.2, 0.25) is 0 Å². The molecule has 6 nitrogen and oxygen atoms in total. The molecule has 2 amide bonds. The van der Waals surface area contributed by atoms with Gasteiger partial charge in [-0.2, -0.15) is 0 Å². The third-order valence-corrected chi connectivity index (χ3v) is 4.18. The van der Waals surface area contributed by atoms with Gasteiger partial charge >= 0.3 is 0 Å². The van der Waals surface area contributed by atoms with Gasteiger partial charge in [-0.15, -0.1) is 0 Å². The highest BCUT2D eigenvalue weighted by Gasteiger charge is 2.24. The second-order valence-corrected chi connectivity index (χ2v) is 6.23. The van der Waals surface area contributed by atoms with Crippen LogP contribution in [-0.4, -0.2) is 32.1 Å². The number of nitrogens with one attached hydrogen (secondary N) is 2. The molecule has 2 aromatic carbocycles. The fourth-order valence-electron chi connectivity index (χ4n) is 2.58. The standard InChI is InChI=1S/C21H22N2O4/c1-26-18-11-7-14(13-19(18)27-2)8-12-20(24)23-17-6-4-3-5-16(17)21(25)22-15-9-10-15/h3-8,11-13,15H,9-10H2,1-2H3,(H,22,25)(H,23,24)/b12-8+. The molecule has 0 aromatic heterocycles. The molecule has 1 fully saturated rings. The summed E-state index contributed by atoms with van der Waals surface area (Å²) < 4.78 is 10.5. The zero-order chi connectivity index (χ0) is 19.2. The van der Waals surface area contributed by atoms with Gasteiger partial charge in [-0.25, -0.2) is 0 Å². The predicted molar refractivity (Wildman–Crippen MR) is 104 cm³/mol. The largest absolute Gasteiger partial charge is 0.493 e. The molecule has 1 aliphatic rings. The summed E-state index contributed by atoms with van der Waals surface area (Å²) >= 11 is 0. The highest BCUT2D eigenvalue weighted by Crippen LogP contribution is 2.28. The van der Waals surface area contributed by atoms with E-state index in [1.54, 1.807) is 56.7 Å². The summed E-state index contributed by atoms with van der Waals surface area (Å²) in [4.78, 5) is 24.6. The first-order valence-corrected chi connectivity index (χ1v) is 8.71. The van der Waals surface area contributed by atoms with Gasteiger partial charge in [0.1, 0.15) is 0 Å². The Morgan fingerprint density at radius 3 is 2.48 bits per heavy atom. The van der Waals surface area contributed by atoms with Gasteiger partial charge in [0.2, 0.25) is 5.91 Å². The van der Waals surface area contributed by atoms with Crippen molar-refractivity contribution in [1.29, 1.82) is 0 Å². The van der Waals surface area contributed by atoms with Crippen molar-refractivity contribution in [3.8, 4) is 11.5 Å². The fraction of sp³-hybridized carbons (Fsp3) is 0.238. The maximum absolute atomic E-state index is 12.3. The molecule has 1 saturated carbocycles. The van der Waals surface area contributed by atoms with Crippen molar-refractivity contribution in [2.75, 3.05) is 19.5 Å². The molecule has 0 bridgehead atoms. The van der Waals surface area contributed by atoms with E-state index in [4.69, 9.17) is 9.47 Å². The van der Waals surface area contributed by atoms with E-state index >= 15 is 0 Å². The lowest BCUT2D eigenvalue weighted by molar-refractivity contribution is -0.111. The lowest BCUT2D eigenvalue weighted by atomic mass is 10.1. The Hall–Kier alpha value is -3.28. The van der Waals surface area contributed by atoms with Crippen molar-refractivity contribution in [2.24, 2.45) is 0 Å². The van der Waals surface area contributed by atoms with Gasteiger partial charge in [-0.05, 0) is 48.7 Å². The normalized spacial score (nSPS) is 13.3. The summed E-state index contributed by atoms with van der Waals surface area (Å²) in [6, 6.07) is 12.6. The number of hydrogen-bond acceptors (Lipinski definition) is 4. The van der Waals surface area contributed by atoms with Crippen molar-refractivity contribution in [2.45, 2.75) is 18.9 Å². The number of rotatable bonds is 7. The van der Waals surface area contributed by atoms with Crippen LogP contribution in [0.25, 0.3) is 6.08 Å². The minimum atomic E-state index is -0.323. The Morgan fingerprint density at radius 1 is 1.04 bits per heavy atom. The van der Waals surface area contributed by atoms with Crippen LogP contribution < -0.4 is 20.1 Å². The first-order valence-electron chi connectivity index (χ1n) is 8.71. The van der Waals surface area contributed by atoms with Crippen molar-refractivity contribution in [1.82, 2.24) is 5.32 Å². The highest BCUT2D eigenvalue weighted by atomic mass is 16.5. The third-order valence-electron chi connectivity index (χ3n) is 4.18. The number of para-hydroxylation sites is 1. The van der Waals surface area contributed by atoms with Crippen LogP contribution in [0.1, 0.15) is 28.8 Å². The molecule has 3 rings (SSSR count). The molecule has 0 unspecified atom stereocenters. The number of anilines is 1.